The molecule has 0 heterocycles. The SMILES string of the molecule is C=C/C=C(\C=C/C)C(=O)C1(O)CCCCC1. The quantitative estimate of drug-likeness (QED) is 0.584. The lowest BCUT2D eigenvalue weighted by Crippen LogP contribution is -2.41. The topological polar surface area (TPSA) is 37.3 Å². The molecule has 2 heteroatoms. The maximum Gasteiger partial charge on any atom is 0.194 e. The fraction of sp³-hybridized carbons (Fsp3) is 0.500. The molecule has 1 aliphatic rings. The van der Waals surface area contributed by atoms with E-state index in [2.05, 4.69) is 6.58 Å². The zero-order valence-electron chi connectivity index (χ0n) is 9.91. The van der Waals surface area contributed by atoms with E-state index in [-0.39, 0.29) is 5.78 Å². The van der Waals surface area contributed by atoms with Gasteiger partial charge >= 0.3 is 0 Å². The molecule has 0 saturated heterocycles. The summed E-state index contributed by atoms with van der Waals surface area (Å²) < 4.78 is 0. The minimum absolute atomic E-state index is 0.162. The van der Waals surface area contributed by atoms with E-state index >= 15 is 0 Å². The van der Waals surface area contributed by atoms with Crippen LogP contribution in [0.3, 0.4) is 0 Å². The second-order valence-corrected chi connectivity index (χ2v) is 4.28. The Kier molecular flexibility index (Phi) is 4.69. The number of aliphatic hydroxyl groups is 1. The lowest BCUT2D eigenvalue weighted by atomic mass is 9.79. The van der Waals surface area contributed by atoms with E-state index in [1.54, 1.807) is 24.3 Å². The third kappa shape index (κ3) is 2.92. The summed E-state index contributed by atoms with van der Waals surface area (Å²) in [6.07, 6.45) is 10.9. The monoisotopic (exact) mass is 220 g/mol. The molecular weight excluding hydrogens is 200 g/mol. The Labute approximate surface area is 97.4 Å². The molecule has 88 valence electrons. The molecular formula is C14H20O2. The van der Waals surface area contributed by atoms with Crippen LogP contribution in [0.4, 0.5) is 0 Å². The smallest absolute Gasteiger partial charge is 0.194 e. The van der Waals surface area contributed by atoms with Gasteiger partial charge in [-0.25, -0.2) is 0 Å². The van der Waals surface area contributed by atoms with Gasteiger partial charge in [-0.15, -0.1) is 0 Å². The highest BCUT2D eigenvalue weighted by atomic mass is 16.3. The van der Waals surface area contributed by atoms with Gasteiger partial charge in [0.25, 0.3) is 0 Å². The number of carbonyl (C=O) groups excluding carboxylic acids is 1. The van der Waals surface area contributed by atoms with Crippen LogP contribution >= 0.6 is 0 Å². The maximum atomic E-state index is 12.2. The van der Waals surface area contributed by atoms with Crippen molar-refractivity contribution >= 4 is 5.78 Å². The van der Waals surface area contributed by atoms with Crippen molar-refractivity contribution in [2.75, 3.05) is 0 Å². The molecule has 2 nitrogen and oxygen atoms in total. The second-order valence-electron chi connectivity index (χ2n) is 4.28. The average molecular weight is 220 g/mol. The van der Waals surface area contributed by atoms with E-state index < -0.39 is 5.60 Å². The molecule has 0 atom stereocenters. The van der Waals surface area contributed by atoms with Crippen molar-refractivity contribution in [3.63, 3.8) is 0 Å². The van der Waals surface area contributed by atoms with E-state index in [1.165, 1.54) is 0 Å². The largest absolute Gasteiger partial charge is 0.382 e. The molecule has 0 aromatic rings. The molecule has 0 bridgehead atoms. The number of rotatable bonds is 4. The highest BCUT2D eigenvalue weighted by Crippen LogP contribution is 2.31. The minimum atomic E-state index is -1.15. The van der Waals surface area contributed by atoms with Crippen molar-refractivity contribution < 1.29 is 9.90 Å². The molecule has 0 amide bonds. The number of hydrogen-bond donors (Lipinski definition) is 1. The molecule has 16 heavy (non-hydrogen) atoms. The Bertz CT molecular complexity index is 318. The summed E-state index contributed by atoms with van der Waals surface area (Å²) in [6.45, 7) is 5.45. The first-order valence-electron chi connectivity index (χ1n) is 5.86. The van der Waals surface area contributed by atoms with Crippen LogP contribution in [0.1, 0.15) is 39.0 Å². The van der Waals surface area contributed by atoms with Crippen LogP contribution in [0.5, 0.6) is 0 Å². The van der Waals surface area contributed by atoms with Crippen molar-refractivity contribution in [3.8, 4) is 0 Å². The van der Waals surface area contributed by atoms with Gasteiger partial charge < -0.3 is 5.11 Å². The minimum Gasteiger partial charge on any atom is -0.382 e. The zero-order valence-corrected chi connectivity index (χ0v) is 9.91. The third-order valence-corrected chi connectivity index (χ3v) is 3.01. The van der Waals surface area contributed by atoms with Crippen LogP contribution in [-0.2, 0) is 4.79 Å². The molecule has 0 aliphatic heterocycles. The number of allylic oxidation sites excluding steroid dienone is 4. The van der Waals surface area contributed by atoms with Gasteiger partial charge in [0.15, 0.2) is 5.78 Å². The summed E-state index contributed by atoms with van der Waals surface area (Å²) in [6, 6.07) is 0. The van der Waals surface area contributed by atoms with E-state index in [1.807, 2.05) is 6.92 Å². The van der Waals surface area contributed by atoms with E-state index in [4.69, 9.17) is 0 Å². The first-order chi connectivity index (χ1) is 7.64. The van der Waals surface area contributed by atoms with Gasteiger partial charge in [0, 0.05) is 5.57 Å². The molecule has 0 aromatic carbocycles. The van der Waals surface area contributed by atoms with E-state index in [9.17, 15) is 9.90 Å². The van der Waals surface area contributed by atoms with Crippen LogP contribution in [0.25, 0.3) is 0 Å². The fourth-order valence-electron chi connectivity index (χ4n) is 2.15. The van der Waals surface area contributed by atoms with Crippen molar-refractivity contribution in [2.45, 2.75) is 44.6 Å². The Morgan fingerprint density at radius 3 is 2.44 bits per heavy atom. The van der Waals surface area contributed by atoms with E-state index in [0.717, 1.165) is 19.3 Å². The van der Waals surface area contributed by atoms with Crippen LogP contribution in [0.2, 0.25) is 0 Å². The number of carbonyl (C=O) groups is 1. The van der Waals surface area contributed by atoms with Gasteiger partial charge in [-0.2, -0.15) is 0 Å². The van der Waals surface area contributed by atoms with Crippen LogP contribution < -0.4 is 0 Å². The summed E-state index contributed by atoms with van der Waals surface area (Å²) in [5, 5.41) is 10.3. The molecule has 1 rings (SSSR count). The lowest BCUT2D eigenvalue weighted by Gasteiger charge is -2.30. The van der Waals surface area contributed by atoms with Crippen LogP contribution in [0.15, 0.2) is 36.5 Å². The first kappa shape index (κ1) is 12.9. The number of hydrogen-bond acceptors (Lipinski definition) is 2. The van der Waals surface area contributed by atoms with Gasteiger partial charge in [0.05, 0.1) is 0 Å². The molecule has 0 spiro atoms. The molecule has 1 saturated carbocycles. The maximum absolute atomic E-state index is 12.2. The standard InChI is InChI=1S/C14H20O2/c1-3-8-12(9-4-2)13(15)14(16)10-6-5-7-11-14/h3-4,8-9,16H,1,5-7,10-11H2,2H3/b9-4-,12-8+. The molecule has 0 aromatic heterocycles. The summed E-state index contributed by atoms with van der Waals surface area (Å²) >= 11 is 0. The Morgan fingerprint density at radius 1 is 1.31 bits per heavy atom. The zero-order chi connectivity index (χ0) is 12.0. The van der Waals surface area contributed by atoms with Gasteiger partial charge in [0.2, 0.25) is 0 Å². The molecule has 1 fully saturated rings. The van der Waals surface area contributed by atoms with Gasteiger partial charge in [-0.05, 0) is 19.8 Å². The highest BCUT2D eigenvalue weighted by Gasteiger charge is 2.37. The van der Waals surface area contributed by atoms with Crippen molar-refractivity contribution in [1.29, 1.82) is 0 Å². The Balaban J connectivity index is 2.88. The van der Waals surface area contributed by atoms with Crippen LogP contribution in [0, 0.1) is 0 Å². The highest BCUT2D eigenvalue weighted by molar-refractivity contribution is 6.04. The fourth-order valence-corrected chi connectivity index (χ4v) is 2.15. The van der Waals surface area contributed by atoms with Gasteiger partial charge in [-0.1, -0.05) is 50.1 Å². The summed E-state index contributed by atoms with van der Waals surface area (Å²) in [4.78, 5) is 12.2. The predicted octanol–water partition coefficient (Wildman–Crippen LogP) is 2.94. The Morgan fingerprint density at radius 2 is 1.94 bits per heavy atom. The van der Waals surface area contributed by atoms with Crippen LogP contribution in [-0.4, -0.2) is 16.5 Å². The summed E-state index contributed by atoms with van der Waals surface area (Å²) in [5.74, 6) is -0.162. The first-order valence-corrected chi connectivity index (χ1v) is 5.86. The second kappa shape index (κ2) is 5.80. The Hall–Kier alpha value is -1.15. The molecule has 0 unspecified atom stereocenters. The average Bonchev–Trinajstić information content (AvgIpc) is 2.29. The number of Topliss-reactive ketones (excluding diaryl/α,β-unsaturated/α-hetero) is 1. The summed E-state index contributed by atoms with van der Waals surface area (Å²) in [7, 11) is 0. The summed E-state index contributed by atoms with van der Waals surface area (Å²) in [5.41, 5.74) is -0.603. The molecule has 0 radical (unpaired) electrons. The molecule has 1 N–H and O–H groups in total. The van der Waals surface area contributed by atoms with E-state index in [0.29, 0.717) is 18.4 Å². The normalized spacial score (nSPS) is 21.0. The van der Waals surface area contributed by atoms with Gasteiger partial charge in [-0.3, -0.25) is 4.79 Å². The molecule has 1 aliphatic carbocycles. The van der Waals surface area contributed by atoms with Crippen molar-refractivity contribution in [3.05, 3.63) is 36.5 Å². The number of ketones is 1. The van der Waals surface area contributed by atoms with Crippen molar-refractivity contribution in [1.82, 2.24) is 0 Å². The lowest BCUT2D eigenvalue weighted by molar-refractivity contribution is -0.136. The predicted molar refractivity (Wildman–Crippen MR) is 66.1 cm³/mol. The third-order valence-electron chi connectivity index (χ3n) is 3.01. The van der Waals surface area contributed by atoms with Crippen molar-refractivity contribution in [2.24, 2.45) is 0 Å². The van der Waals surface area contributed by atoms with Gasteiger partial charge in [0.1, 0.15) is 5.60 Å².